The maximum atomic E-state index is 5.54. The standard InChI is InChI=1S/C13H20BrN3/c14-12-4-1-2-5-13(12)17-10-8-16(9-11-17)7-3-6-15/h1-2,4-5H,3,6-11,15H2. The Balaban J connectivity index is 1.89. The van der Waals surface area contributed by atoms with Crippen LogP contribution in [0.4, 0.5) is 5.69 Å². The van der Waals surface area contributed by atoms with Crippen LogP contribution >= 0.6 is 15.9 Å². The molecule has 0 atom stereocenters. The third-order valence-corrected chi connectivity index (χ3v) is 3.91. The molecule has 0 amide bonds. The summed E-state index contributed by atoms with van der Waals surface area (Å²) in [6, 6.07) is 8.45. The SMILES string of the molecule is NCCCN1CCN(c2ccccc2Br)CC1. The molecule has 1 fully saturated rings. The van der Waals surface area contributed by atoms with Crippen LogP contribution in [0.2, 0.25) is 0 Å². The van der Waals surface area contributed by atoms with E-state index in [-0.39, 0.29) is 0 Å². The van der Waals surface area contributed by atoms with Gasteiger partial charge in [0.1, 0.15) is 0 Å². The summed E-state index contributed by atoms with van der Waals surface area (Å²) in [5, 5.41) is 0. The number of nitrogens with two attached hydrogens (primary N) is 1. The Morgan fingerprint density at radius 2 is 1.82 bits per heavy atom. The molecule has 4 heteroatoms. The lowest BCUT2D eigenvalue weighted by Crippen LogP contribution is -2.47. The van der Waals surface area contributed by atoms with E-state index in [1.165, 1.54) is 10.2 Å². The third-order valence-electron chi connectivity index (χ3n) is 3.24. The molecule has 0 unspecified atom stereocenters. The highest BCUT2D eigenvalue weighted by molar-refractivity contribution is 9.10. The van der Waals surface area contributed by atoms with Crippen molar-refractivity contribution in [1.82, 2.24) is 4.90 Å². The first-order chi connectivity index (χ1) is 8.31. The van der Waals surface area contributed by atoms with Crippen LogP contribution in [0.15, 0.2) is 28.7 Å². The van der Waals surface area contributed by atoms with Crippen LogP contribution in [0, 0.1) is 0 Å². The van der Waals surface area contributed by atoms with Gasteiger partial charge in [-0.3, -0.25) is 4.90 Å². The molecule has 0 radical (unpaired) electrons. The van der Waals surface area contributed by atoms with E-state index >= 15 is 0 Å². The minimum Gasteiger partial charge on any atom is -0.368 e. The van der Waals surface area contributed by atoms with Gasteiger partial charge in [0.05, 0.1) is 5.69 Å². The highest BCUT2D eigenvalue weighted by Crippen LogP contribution is 2.26. The summed E-state index contributed by atoms with van der Waals surface area (Å²) in [6.07, 6.45) is 1.11. The van der Waals surface area contributed by atoms with Gasteiger partial charge < -0.3 is 10.6 Å². The van der Waals surface area contributed by atoms with Gasteiger partial charge in [0, 0.05) is 30.7 Å². The monoisotopic (exact) mass is 297 g/mol. The fourth-order valence-corrected chi connectivity index (χ4v) is 2.77. The van der Waals surface area contributed by atoms with Crippen molar-refractivity contribution in [3.63, 3.8) is 0 Å². The Hall–Kier alpha value is -0.580. The van der Waals surface area contributed by atoms with Gasteiger partial charge in [-0.25, -0.2) is 0 Å². The number of halogens is 1. The molecule has 3 nitrogen and oxygen atoms in total. The maximum absolute atomic E-state index is 5.54. The van der Waals surface area contributed by atoms with E-state index in [1.54, 1.807) is 0 Å². The maximum Gasteiger partial charge on any atom is 0.0511 e. The number of nitrogens with zero attached hydrogens (tertiary/aromatic N) is 2. The third kappa shape index (κ3) is 3.44. The number of hydrogen-bond acceptors (Lipinski definition) is 3. The van der Waals surface area contributed by atoms with E-state index in [2.05, 4.69) is 50.0 Å². The predicted octanol–water partition coefficient (Wildman–Crippen LogP) is 1.92. The van der Waals surface area contributed by atoms with Crippen molar-refractivity contribution >= 4 is 21.6 Å². The molecule has 0 aromatic heterocycles. The van der Waals surface area contributed by atoms with Gasteiger partial charge in [-0.1, -0.05) is 12.1 Å². The van der Waals surface area contributed by atoms with Gasteiger partial charge in [-0.05, 0) is 47.6 Å². The lowest BCUT2D eigenvalue weighted by molar-refractivity contribution is 0.256. The van der Waals surface area contributed by atoms with Crippen molar-refractivity contribution in [2.75, 3.05) is 44.2 Å². The molecule has 1 aliphatic heterocycles. The van der Waals surface area contributed by atoms with Crippen LogP contribution in [0.25, 0.3) is 0 Å². The van der Waals surface area contributed by atoms with Crippen LogP contribution in [0.1, 0.15) is 6.42 Å². The normalized spacial score (nSPS) is 17.4. The Labute approximate surface area is 112 Å². The first-order valence-corrected chi connectivity index (χ1v) is 7.02. The van der Waals surface area contributed by atoms with Crippen molar-refractivity contribution in [2.24, 2.45) is 5.73 Å². The molecule has 17 heavy (non-hydrogen) atoms. The minimum atomic E-state index is 0.796. The number of anilines is 1. The summed E-state index contributed by atoms with van der Waals surface area (Å²) in [6.45, 7) is 6.42. The largest absolute Gasteiger partial charge is 0.368 e. The van der Waals surface area contributed by atoms with E-state index in [1.807, 2.05) is 0 Å². The number of hydrogen-bond donors (Lipinski definition) is 1. The van der Waals surface area contributed by atoms with Crippen LogP contribution in [-0.2, 0) is 0 Å². The summed E-state index contributed by atoms with van der Waals surface area (Å²) in [4.78, 5) is 4.95. The summed E-state index contributed by atoms with van der Waals surface area (Å²) >= 11 is 3.62. The van der Waals surface area contributed by atoms with Crippen molar-refractivity contribution in [3.05, 3.63) is 28.7 Å². The highest BCUT2D eigenvalue weighted by Gasteiger charge is 2.17. The fourth-order valence-electron chi connectivity index (χ4n) is 2.24. The molecule has 1 aliphatic rings. The molecule has 1 aromatic rings. The first-order valence-electron chi connectivity index (χ1n) is 6.23. The van der Waals surface area contributed by atoms with Gasteiger partial charge in [0.15, 0.2) is 0 Å². The van der Waals surface area contributed by atoms with Crippen LogP contribution in [0.5, 0.6) is 0 Å². The topological polar surface area (TPSA) is 32.5 Å². The van der Waals surface area contributed by atoms with Gasteiger partial charge in [0.25, 0.3) is 0 Å². The second kappa shape index (κ2) is 6.38. The summed E-state index contributed by atoms with van der Waals surface area (Å²) in [7, 11) is 0. The van der Waals surface area contributed by atoms with Crippen LogP contribution in [-0.4, -0.2) is 44.2 Å². The second-order valence-electron chi connectivity index (χ2n) is 4.42. The van der Waals surface area contributed by atoms with Crippen LogP contribution in [0.3, 0.4) is 0 Å². The summed E-state index contributed by atoms with van der Waals surface area (Å²) < 4.78 is 1.19. The van der Waals surface area contributed by atoms with Gasteiger partial charge in [-0.2, -0.15) is 0 Å². The fraction of sp³-hybridized carbons (Fsp3) is 0.538. The highest BCUT2D eigenvalue weighted by atomic mass is 79.9. The lowest BCUT2D eigenvalue weighted by Gasteiger charge is -2.36. The van der Waals surface area contributed by atoms with E-state index in [0.29, 0.717) is 0 Å². The first kappa shape index (κ1) is 12.9. The molecule has 1 saturated heterocycles. The number of para-hydroxylation sites is 1. The Morgan fingerprint density at radius 3 is 2.47 bits per heavy atom. The average Bonchev–Trinajstić information content (AvgIpc) is 2.38. The zero-order chi connectivity index (χ0) is 12.1. The van der Waals surface area contributed by atoms with E-state index in [9.17, 15) is 0 Å². The van der Waals surface area contributed by atoms with Gasteiger partial charge >= 0.3 is 0 Å². The van der Waals surface area contributed by atoms with Crippen molar-refractivity contribution in [2.45, 2.75) is 6.42 Å². The molecule has 1 aromatic carbocycles. The molecular formula is C13H20BrN3. The van der Waals surface area contributed by atoms with Crippen molar-refractivity contribution in [3.8, 4) is 0 Å². The Kier molecular flexibility index (Phi) is 4.83. The minimum absolute atomic E-state index is 0.796. The van der Waals surface area contributed by atoms with E-state index in [4.69, 9.17) is 5.73 Å². The number of piperazine rings is 1. The smallest absolute Gasteiger partial charge is 0.0511 e. The van der Waals surface area contributed by atoms with Gasteiger partial charge in [-0.15, -0.1) is 0 Å². The van der Waals surface area contributed by atoms with Crippen LogP contribution < -0.4 is 10.6 Å². The summed E-state index contributed by atoms with van der Waals surface area (Å²) in [5.41, 5.74) is 6.85. The molecule has 1 heterocycles. The Morgan fingerprint density at radius 1 is 1.12 bits per heavy atom. The summed E-state index contributed by atoms with van der Waals surface area (Å²) in [5.74, 6) is 0. The van der Waals surface area contributed by atoms with E-state index in [0.717, 1.165) is 45.7 Å². The predicted molar refractivity (Wildman–Crippen MR) is 76.5 cm³/mol. The number of benzene rings is 1. The van der Waals surface area contributed by atoms with Gasteiger partial charge in [0.2, 0.25) is 0 Å². The lowest BCUT2D eigenvalue weighted by atomic mass is 10.2. The molecule has 0 bridgehead atoms. The van der Waals surface area contributed by atoms with Crippen molar-refractivity contribution in [1.29, 1.82) is 0 Å². The molecule has 2 rings (SSSR count). The van der Waals surface area contributed by atoms with Crippen molar-refractivity contribution < 1.29 is 0 Å². The molecule has 94 valence electrons. The Bertz CT molecular complexity index is 348. The number of rotatable bonds is 4. The molecule has 0 spiro atoms. The molecular weight excluding hydrogens is 278 g/mol. The molecule has 0 aliphatic carbocycles. The molecule has 0 saturated carbocycles. The zero-order valence-corrected chi connectivity index (χ0v) is 11.7. The molecule has 2 N–H and O–H groups in total. The second-order valence-corrected chi connectivity index (χ2v) is 5.28. The zero-order valence-electron chi connectivity index (χ0n) is 10.1. The van der Waals surface area contributed by atoms with E-state index < -0.39 is 0 Å². The average molecular weight is 298 g/mol. The quantitative estimate of drug-likeness (QED) is 0.922.